The third-order valence-electron chi connectivity index (χ3n) is 3.59. The maximum absolute atomic E-state index is 13.8. The Bertz CT molecular complexity index is 382. The van der Waals surface area contributed by atoms with E-state index in [0.29, 0.717) is 18.6 Å². The maximum Gasteiger partial charge on any atom is 0.128 e. The molecule has 5 heteroatoms. The average Bonchev–Trinajstić information content (AvgIpc) is 2.29. The molecule has 1 aliphatic rings. The summed E-state index contributed by atoms with van der Waals surface area (Å²) in [5, 5.41) is 3.43. The fourth-order valence-electron chi connectivity index (χ4n) is 2.24. The molecule has 1 aliphatic heterocycles. The Kier molecular flexibility index (Phi) is 6.05. The molecule has 1 fully saturated rings. The van der Waals surface area contributed by atoms with Gasteiger partial charge in [0.2, 0.25) is 0 Å². The molecule has 0 aromatic heterocycles. The number of nitrogens with zero attached hydrogens (tertiary/aromatic N) is 1. The summed E-state index contributed by atoms with van der Waals surface area (Å²) in [5.74, 6) is -0.127. The van der Waals surface area contributed by atoms with E-state index in [1.54, 1.807) is 6.07 Å². The summed E-state index contributed by atoms with van der Waals surface area (Å²) < 4.78 is 14.6. The summed E-state index contributed by atoms with van der Waals surface area (Å²) in [4.78, 5) is 2.32. The largest absolute Gasteiger partial charge is 0.311 e. The molecule has 1 aromatic carbocycles. The zero-order valence-corrected chi connectivity index (χ0v) is 13.0. The molecular formula is C13H19BrClFN2. The van der Waals surface area contributed by atoms with Crippen LogP contribution in [0.15, 0.2) is 22.7 Å². The smallest absolute Gasteiger partial charge is 0.128 e. The molecule has 1 saturated heterocycles. The van der Waals surface area contributed by atoms with Crippen LogP contribution in [0, 0.1) is 5.82 Å². The number of piperazine rings is 1. The highest BCUT2D eigenvalue weighted by Crippen LogP contribution is 2.23. The predicted octanol–water partition coefficient (Wildman–Crippen LogP) is 3.19. The van der Waals surface area contributed by atoms with Crippen LogP contribution in [0.1, 0.15) is 19.4 Å². The van der Waals surface area contributed by atoms with E-state index in [9.17, 15) is 4.39 Å². The lowest BCUT2D eigenvalue weighted by Gasteiger charge is -2.38. The van der Waals surface area contributed by atoms with Crippen molar-refractivity contribution in [3.8, 4) is 0 Å². The van der Waals surface area contributed by atoms with Crippen molar-refractivity contribution in [2.24, 2.45) is 0 Å². The molecule has 1 aromatic rings. The zero-order chi connectivity index (χ0) is 12.4. The first-order valence-corrected chi connectivity index (χ1v) is 6.79. The lowest BCUT2D eigenvalue weighted by atomic mass is 10.1. The first-order chi connectivity index (χ1) is 8.09. The first-order valence-electron chi connectivity index (χ1n) is 6.00. The fourth-order valence-corrected chi connectivity index (χ4v) is 2.70. The van der Waals surface area contributed by atoms with Crippen molar-refractivity contribution in [1.29, 1.82) is 0 Å². The molecule has 2 atom stereocenters. The van der Waals surface area contributed by atoms with E-state index < -0.39 is 0 Å². The predicted molar refractivity (Wildman–Crippen MR) is 78.7 cm³/mol. The summed E-state index contributed by atoms with van der Waals surface area (Å²) in [6, 6.07) is 6.03. The van der Waals surface area contributed by atoms with Crippen molar-refractivity contribution in [2.45, 2.75) is 32.5 Å². The first kappa shape index (κ1) is 15.9. The van der Waals surface area contributed by atoms with Gasteiger partial charge < -0.3 is 5.32 Å². The monoisotopic (exact) mass is 336 g/mol. The van der Waals surface area contributed by atoms with E-state index in [1.165, 1.54) is 6.07 Å². The molecule has 1 N–H and O–H groups in total. The van der Waals surface area contributed by atoms with E-state index in [-0.39, 0.29) is 18.2 Å². The number of rotatable bonds is 2. The van der Waals surface area contributed by atoms with Crippen molar-refractivity contribution in [3.63, 3.8) is 0 Å². The molecule has 2 unspecified atom stereocenters. The summed E-state index contributed by atoms with van der Waals surface area (Å²) in [6.07, 6.45) is 0. The number of hydrogen-bond donors (Lipinski definition) is 1. The summed E-state index contributed by atoms with van der Waals surface area (Å²) in [6.45, 7) is 6.96. The van der Waals surface area contributed by atoms with Crippen LogP contribution in [-0.2, 0) is 6.54 Å². The van der Waals surface area contributed by atoms with Gasteiger partial charge in [-0.05, 0) is 26.0 Å². The van der Waals surface area contributed by atoms with Crippen LogP contribution in [0.5, 0.6) is 0 Å². The molecule has 0 spiro atoms. The standard InChI is InChI=1S/C13H18BrFN2.ClH/c1-9-10(2)17(7-6-16-9)8-11-12(14)4-3-5-13(11)15;/h3-5,9-10,16H,6-8H2,1-2H3;1H. The minimum absolute atomic E-state index is 0. The summed E-state index contributed by atoms with van der Waals surface area (Å²) in [7, 11) is 0. The van der Waals surface area contributed by atoms with E-state index in [4.69, 9.17) is 0 Å². The van der Waals surface area contributed by atoms with Gasteiger partial charge in [-0.3, -0.25) is 4.90 Å². The van der Waals surface area contributed by atoms with Gasteiger partial charge in [0.25, 0.3) is 0 Å². The van der Waals surface area contributed by atoms with E-state index >= 15 is 0 Å². The number of halogens is 3. The Morgan fingerprint density at radius 2 is 2.17 bits per heavy atom. The Labute approximate surface area is 122 Å². The average molecular weight is 338 g/mol. The topological polar surface area (TPSA) is 15.3 Å². The fraction of sp³-hybridized carbons (Fsp3) is 0.538. The van der Waals surface area contributed by atoms with Gasteiger partial charge in [0.15, 0.2) is 0 Å². The van der Waals surface area contributed by atoms with Gasteiger partial charge in [0.1, 0.15) is 5.82 Å². The molecule has 1 heterocycles. The number of nitrogens with one attached hydrogen (secondary N) is 1. The van der Waals surface area contributed by atoms with E-state index in [0.717, 1.165) is 23.1 Å². The van der Waals surface area contributed by atoms with E-state index in [2.05, 4.69) is 40.0 Å². The van der Waals surface area contributed by atoms with Crippen LogP contribution in [0.3, 0.4) is 0 Å². The molecule has 0 radical (unpaired) electrons. The quantitative estimate of drug-likeness (QED) is 0.891. The Hall–Kier alpha value is -0.160. The summed E-state index contributed by atoms with van der Waals surface area (Å²) >= 11 is 3.43. The Balaban J connectivity index is 0.00000162. The molecule has 2 nitrogen and oxygen atoms in total. The molecule has 0 saturated carbocycles. The highest BCUT2D eigenvalue weighted by Gasteiger charge is 2.25. The zero-order valence-electron chi connectivity index (χ0n) is 10.6. The van der Waals surface area contributed by atoms with Gasteiger partial charge in [-0.25, -0.2) is 4.39 Å². The molecule has 0 amide bonds. The molecule has 0 aliphatic carbocycles. The van der Waals surface area contributed by atoms with Gasteiger partial charge in [-0.15, -0.1) is 12.4 Å². The van der Waals surface area contributed by atoms with Crippen molar-refractivity contribution >= 4 is 28.3 Å². The van der Waals surface area contributed by atoms with Crippen LogP contribution in [-0.4, -0.2) is 30.1 Å². The third kappa shape index (κ3) is 3.44. The van der Waals surface area contributed by atoms with Crippen LogP contribution >= 0.6 is 28.3 Å². The second kappa shape index (κ2) is 6.85. The highest BCUT2D eigenvalue weighted by atomic mass is 79.9. The van der Waals surface area contributed by atoms with Crippen LogP contribution in [0.25, 0.3) is 0 Å². The van der Waals surface area contributed by atoms with Crippen molar-refractivity contribution in [1.82, 2.24) is 10.2 Å². The second-order valence-electron chi connectivity index (χ2n) is 4.65. The normalized spacial score (nSPS) is 24.7. The van der Waals surface area contributed by atoms with Crippen LogP contribution < -0.4 is 5.32 Å². The maximum atomic E-state index is 13.8. The van der Waals surface area contributed by atoms with Crippen molar-refractivity contribution in [3.05, 3.63) is 34.1 Å². The second-order valence-corrected chi connectivity index (χ2v) is 5.51. The minimum atomic E-state index is -0.127. The van der Waals surface area contributed by atoms with Gasteiger partial charge in [-0.2, -0.15) is 0 Å². The van der Waals surface area contributed by atoms with Crippen molar-refractivity contribution in [2.75, 3.05) is 13.1 Å². The molecular weight excluding hydrogens is 319 g/mol. The lowest BCUT2D eigenvalue weighted by Crippen LogP contribution is -2.54. The molecule has 18 heavy (non-hydrogen) atoms. The van der Waals surface area contributed by atoms with Crippen LogP contribution in [0.2, 0.25) is 0 Å². The number of hydrogen-bond acceptors (Lipinski definition) is 2. The Morgan fingerprint density at radius 3 is 2.83 bits per heavy atom. The van der Waals surface area contributed by atoms with Crippen molar-refractivity contribution < 1.29 is 4.39 Å². The van der Waals surface area contributed by atoms with Gasteiger partial charge in [-0.1, -0.05) is 22.0 Å². The van der Waals surface area contributed by atoms with Gasteiger partial charge >= 0.3 is 0 Å². The summed E-state index contributed by atoms with van der Waals surface area (Å²) in [5.41, 5.74) is 0.758. The highest BCUT2D eigenvalue weighted by molar-refractivity contribution is 9.10. The molecule has 102 valence electrons. The SMILES string of the molecule is CC1NCCN(Cc2c(F)cccc2Br)C1C.Cl. The third-order valence-corrected chi connectivity index (χ3v) is 4.33. The Morgan fingerprint density at radius 1 is 1.44 bits per heavy atom. The van der Waals surface area contributed by atoms with E-state index in [1.807, 2.05) is 6.07 Å². The minimum Gasteiger partial charge on any atom is -0.311 e. The van der Waals surface area contributed by atoms with Crippen LogP contribution in [0.4, 0.5) is 4.39 Å². The molecule has 2 rings (SSSR count). The lowest BCUT2D eigenvalue weighted by molar-refractivity contribution is 0.129. The van der Waals surface area contributed by atoms with Gasteiger partial charge in [0, 0.05) is 41.8 Å². The van der Waals surface area contributed by atoms with Gasteiger partial charge in [0.05, 0.1) is 0 Å². The number of benzene rings is 1. The molecule has 0 bridgehead atoms.